The lowest BCUT2D eigenvalue weighted by Gasteiger charge is -2.10. The van der Waals surface area contributed by atoms with Crippen molar-refractivity contribution in [3.8, 4) is 11.6 Å². The van der Waals surface area contributed by atoms with Crippen LogP contribution in [0, 0.1) is 0 Å². The highest BCUT2D eigenvalue weighted by molar-refractivity contribution is 5.90. The van der Waals surface area contributed by atoms with Crippen molar-refractivity contribution in [1.29, 1.82) is 0 Å². The minimum atomic E-state index is -1.05. The van der Waals surface area contributed by atoms with E-state index in [0.29, 0.717) is 13.2 Å². The van der Waals surface area contributed by atoms with Crippen molar-refractivity contribution in [3.63, 3.8) is 0 Å². The summed E-state index contributed by atoms with van der Waals surface area (Å²) in [6.45, 7) is 1.08. The van der Waals surface area contributed by atoms with Gasteiger partial charge in [0.1, 0.15) is 5.56 Å². The number of hydrogen-bond donors (Lipinski definition) is 1. The van der Waals surface area contributed by atoms with Gasteiger partial charge in [0.15, 0.2) is 0 Å². The first kappa shape index (κ1) is 15.1. The largest absolute Gasteiger partial charge is 0.477 e. The van der Waals surface area contributed by atoms with Crippen LogP contribution in [0.15, 0.2) is 36.5 Å². The zero-order valence-corrected chi connectivity index (χ0v) is 11.9. The molecule has 0 aliphatic rings. The van der Waals surface area contributed by atoms with Crippen molar-refractivity contribution in [2.75, 3.05) is 20.3 Å². The Morgan fingerprint density at radius 1 is 1.24 bits per heavy atom. The summed E-state index contributed by atoms with van der Waals surface area (Å²) in [5.74, 6) is -0.796. The van der Waals surface area contributed by atoms with Crippen LogP contribution < -0.4 is 4.74 Å². The van der Waals surface area contributed by atoms with Gasteiger partial charge in [0, 0.05) is 13.7 Å². The normalized spacial score (nSPS) is 10.5. The second-order valence-corrected chi connectivity index (χ2v) is 4.46. The van der Waals surface area contributed by atoms with E-state index in [9.17, 15) is 9.90 Å². The molecule has 1 aromatic heterocycles. The van der Waals surface area contributed by atoms with Gasteiger partial charge in [0.2, 0.25) is 5.88 Å². The van der Waals surface area contributed by atoms with E-state index >= 15 is 0 Å². The van der Waals surface area contributed by atoms with E-state index in [1.807, 2.05) is 30.3 Å². The molecular weight excluding hydrogens is 272 g/mol. The zero-order chi connectivity index (χ0) is 15.1. The summed E-state index contributed by atoms with van der Waals surface area (Å²) in [7, 11) is 1.65. The van der Waals surface area contributed by atoms with Crippen LogP contribution in [0.4, 0.5) is 0 Å². The van der Waals surface area contributed by atoms with Gasteiger partial charge in [-0.2, -0.15) is 5.10 Å². The van der Waals surface area contributed by atoms with Crippen molar-refractivity contribution in [1.82, 2.24) is 9.78 Å². The molecule has 0 saturated heterocycles. The molecule has 0 atom stereocenters. The quantitative estimate of drug-likeness (QED) is 0.756. The molecule has 0 amide bonds. The van der Waals surface area contributed by atoms with Gasteiger partial charge in [-0.3, -0.25) is 0 Å². The van der Waals surface area contributed by atoms with Gasteiger partial charge in [0.25, 0.3) is 0 Å². The third-order valence-corrected chi connectivity index (χ3v) is 2.94. The van der Waals surface area contributed by atoms with Gasteiger partial charge >= 0.3 is 5.97 Å². The fraction of sp³-hybridized carbons (Fsp3) is 0.333. The molecule has 112 valence electrons. The third-order valence-electron chi connectivity index (χ3n) is 2.94. The van der Waals surface area contributed by atoms with E-state index in [1.54, 1.807) is 7.11 Å². The maximum atomic E-state index is 11.2. The Kier molecular flexibility index (Phi) is 5.34. The Hall–Kier alpha value is -2.34. The monoisotopic (exact) mass is 290 g/mol. The van der Waals surface area contributed by atoms with Crippen molar-refractivity contribution < 1.29 is 19.4 Å². The molecule has 1 aromatic carbocycles. The van der Waals surface area contributed by atoms with E-state index < -0.39 is 5.97 Å². The molecule has 2 aromatic rings. The number of carboxylic acid groups (broad SMARTS) is 1. The summed E-state index contributed by atoms with van der Waals surface area (Å²) in [5, 5.41) is 13.3. The van der Waals surface area contributed by atoms with Gasteiger partial charge in [-0.1, -0.05) is 18.2 Å². The number of hydrogen-bond acceptors (Lipinski definition) is 4. The van der Waals surface area contributed by atoms with E-state index in [4.69, 9.17) is 9.47 Å². The zero-order valence-electron chi connectivity index (χ0n) is 11.9. The molecule has 0 aliphatic carbocycles. The lowest BCUT2D eigenvalue weighted by atomic mass is 10.3. The Morgan fingerprint density at radius 3 is 2.62 bits per heavy atom. The van der Waals surface area contributed by atoms with Gasteiger partial charge < -0.3 is 14.6 Å². The molecule has 0 radical (unpaired) electrons. The van der Waals surface area contributed by atoms with E-state index in [0.717, 1.165) is 18.5 Å². The number of aromatic nitrogens is 2. The van der Waals surface area contributed by atoms with E-state index in [-0.39, 0.29) is 11.4 Å². The molecule has 1 heterocycles. The predicted molar refractivity (Wildman–Crippen MR) is 77.1 cm³/mol. The first-order valence-corrected chi connectivity index (χ1v) is 6.72. The summed E-state index contributed by atoms with van der Waals surface area (Å²) in [6, 6.07) is 9.29. The first-order valence-electron chi connectivity index (χ1n) is 6.72. The second kappa shape index (κ2) is 7.44. The predicted octanol–water partition coefficient (Wildman–Crippen LogP) is 2.38. The van der Waals surface area contributed by atoms with Crippen molar-refractivity contribution in [2.24, 2.45) is 0 Å². The summed E-state index contributed by atoms with van der Waals surface area (Å²) in [5.41, 5.74) is 0.822. The fourth-order valence-electron chi connectivity index (χ4n) is 1.89. The summed E-state index contributed by atoms with van der Waals surface area (Å²) < 4.78 is 12.1. The Balaban J connectivity index is 2.16. The molecule has 6 nitrogen and oxygen atoms in total. The van der Waals surface area contributed by atoms with E-state index in [2.05, 4.69) is 5.10 Å². The lowest BCUT2D eigenvalue weighted by molar-refractivity contribution is 0.0691. The average molecular weight is 290 g/mol. The lowest BCUT2D eigenvalue weighted by Crippen LogP contribution is -2.08. The number of aromatic carboxylic acids is 1. The number of nitrogens with zero attached hydrogens (tertiary/aromatic N) is 2. The molecular formula is C15H18N2O4. The highest BCUT2D eigenvalue weighted by atomic mass is 16.5. The summed E-state index contributed by atoms with van der Waals surface area (Å²) >= 11 is 0. The number of rotatable bonds is 8. The number of unbranched alkanes of at least 4 members (excludes halogenated alkanes) is 1. The maximum Gasteiger partial charge on any atom is 0.342 e. The number of carboxylic acids is 1. The molecule has 0 fully saturated rings. The van der Waals surface area contributed by atoms with Crippen molar-refractivity contribution in [2.45, 2.75) is 12.8 Å². The van der Waals surface area contributed by atoms with Crippen molar-refractivity contribution >= 4 is 5.97 Å². The van der Waals surface area contributed by atoms with Crippen LogP contribution in [0.1, 0.15) is 23.2 Å². The van der Waals surface area contributed by atoms with Crippen molar-refractivity contribution in [3.05, 3.63) is 42.1 Å². The summed E-state index contributed by atoms with van der Waals surface area (Å²) in [6.07, 6.45) is 2.95. The molecule has 0 aliphatic heterocycles. The fourth-order valence-corrected chi connectivity index (χ4v) is 1.89. The van der Waals surface area contributed by atoms with Crippen LogP contribution >= 0.6 is 0 Å². The van der Waals surface area contributed by atoms with Crippen LogP contribution in [0.2, 0.25) is 0 Å². The Morgan fingerprint density at radius 2 is 1.95 bits per heavy atom. The maximum absolute atomic E-state index is 11.2. The van der Waals surface area contributed by atoms with Crippen LogP contribution in [-0.4, -0.2) is 41.2 Å². The minimum absolute atomic E-state index is 0.0607. The molecule has 0 saturated carbocycles. The standard InChI is InChI=1S/C15H18N2O4/c1-20-9-5-6-10-21-14-13(15(18)19)11-16-17(14)12-7-3-2-4-8-12/h2-4,7-8,11H,5-6,9-10H2,1H3,(H,18,19). The average Bonchev–Trinajstić information content (AvgIpc) is 2.92. The number of carbonyl (C=O) groups is 1. The molecule has 2 rings (SSSR count). The molecule has 21 heavy (non-hydrogen) atoms. The Labute approximate surface area is 122 Å². The van der Waals surface area contributed by atoms with Gasteiger partial charge in [-0.15, -0.1) is 0 Å². The number of benzene rings is 1. The smallest absolute Gasteiger partial charge is 0.342 e. The molecule has 6 heteroatoms. The van der Waals surface area contributed by atoms with Crippen LogP contribution in [0.3, 0.4) is 0 Å². The van der Waals surface area contributed by atoms with Crippen LogP contribution in [0.5, 0.6) is 5.88 Å². The van der Waals surface area contributed by atoms with Gasteiger partial charge in [-0.25, -0.2) is 9.48 Å². The van der Waals surface area contributed by atoms with Gasteiger partial charge in [0.05, 0.1) is 18.5 Å². The number of methoxy groups -OCH3 is 1. The van der Waals surface area contributed by atoms with Gasteiger partial charge in [-0.05, 0) is 25.0 Å². The minimum Gasteiger partial charge on any atom is -0.477 e. The van der Waals surface area contributed by atoms with E-state index in [1.165, 1.54) is 10.9 Å². The summed E-state index contributed by atoms with van der Waals surface area (Å²) in [4.78, 5) is 11.2. The highest BCUT2D eigenvalue weighted by Gasteiger charge is 2.19. The molecule has 1 N–H and O–H groups in total. The molecule has 0 spiro atoms. The van der Waals surface area contributed by atoms with Crippen LogP contribution in [0.25, 0.3) is 5.69 Å². The van der Waals surface area contributed by atoms with Crippen LogP contribution in [-0.2, 0) is 4.74 Å². The third kappa shape index (κ3) is 3.82. The first-order chi connectivity index (χ1) is 10.2. The second-order valence-electron chi connectivity index (χ2n) is 4.46. The topological polar surface area (TPSA) is 73.6 Å². The highest BCUT2D eigenvalue weighted by Crippen LogP contribution is 2.23. The number of ether oxygens (including phenoxy) is 2. The molecule has 0 bridgehead atoms. The SMILES string of the molecule is COCCCCOc1c(C(=O)O)cnn1-c1ccccc1. The molecule has 0 unspecified atom stereocenters. The Bertz CT molecular complexity index is 581. The number of para-hydroxylation sites is 1.